The molecule has 3 rings (SSSR count). The standard InChI is InChI=1S/C16H22N2O3/c1-21-14-4-2-12(3-5-14)10-17-8-6-13-11-18(16(19)20)9-7-15(13)17/h2-5,13,15H,6-11H2,1H3,(H,19,20). The van der Waals surface area contributed by atoms with Crippen molar-refractivity contribution in [2.45, 2.75) is 25.4 Å². The lowest BCUT2D eigenvalue weighted by atomic mass is 9.93. The number of hydrogen-bond acceptors (Lipinski definition) is 3. The number of carbonyl (C=O) groups is 1. The molecule has 2 heterocycles. The van der Waals surface area contributed by atoms with Gasteiger partial charge < -0.3 is 14.7 Å². The summed E-state index contributed by atoms with van der Waals surface area (Å²) in [4.78, 5) is 15.1. The summed E-state index contributed by atoms with van der Waals surface area (Å²) in [5.74, 6) is 1.38. The number of piperidine rings is 1. The number of amides is 1. The lowest BCUT2D eigenvalue weighted by Gasteiger charge is -2.36. The molecule has 0 aromatic heterocycles. The van der Waals surface area contributed by atoms with Crippen molar-refractivity contribution in [3.05, 3.63) is 29.8 Å². The summed E-state index contributed by atoms with van der Waals surface area (Å²) >= 11 is 0. The second-order valence-electron chi connectivity index (χ2n) is 5.95. The van der Waals surface area contributed by atoms with Crippen LogP contribution >= 0.6 is 0 Å². The summed E-state index contributed by atoms with van der Waals surface area (Å²) in [6, 6.07) is 8.74. The van der Waals surface area contributed by atoms with E-state index < -0.39 is 6.09 Å². The van der Waals surface area contributed by atoms with Gasteiger partial charge in [-0.15, -0.1) is 0 Å². The normalized spacial score (nSPS) is 25.7. The molecule has 2 fully saturated rings. The van der Waals surface area contributed by atoms with Crippen LogP contribution in [0.25, 0.3) is 0 Å². The summed E-state index contributed by atoms with van der Waals surface area (Å²) in [6.07, 6.45) is 1.28. The van der Waals surface area contributed by atoms with Crippen LogP contribution in [0.5, 0.6) is 5.75 Å². The minimum Gasteiger partial charge on any atom is -0.497 e. The lowest BCUT2D eigenvalue weighted by Crippen LogP contribution is -2.47. The maximum atomic E-state index is 11.1. The van der Waals surface area contributed by atoms with E-state index in [-0.39, 0.29) is 0 Å². The fraction of sp³-hybridized carbons (Fsp3) is 0.562. The van der Waals surface area contributed by atoms with Gasteiger partial charge in [-0.1, -0.05) is 12.1 Å². The molecule has 0 spiro atoms. The summed E-state index contributed by atoms with van der Waals surface area (Å²) in [6.45, 7) is 3.36. The van der Waals surface area contributed by atoms with E-state index in [1.165, 1.54) is 5.56 Å². The van der Waals surface area contributed by atoms with Gasteiger partial charge in [0.25, 0.3) is 0 Å². The summed E-state index contributed by atoms with van der Waals surface area (Å²) < 4.78 is 5.18. The fourth-order valence-electron chi connectivity index (χ4n) is 3.62. The zero-order chi connectivity index (χ0) is 14.8. The molecule has 0 radical (unpaired) electrons. The van der Waals surface area contributed by atoms with Crippen molar-refractivity contribution in [1.82, 2.24) is 9.80 Å². The number of ether oxygens (including phenoxy) is 1. The Morgan fingerprint density at radius 3 is 2.71 bits per heavy atom. The van der Waals surface area contributed by atoms with Gasteiger partial charge >= 0.3 is 6.09 Å². The molecular formula is C16H22N2O3. The number of carboxylic acid groups (broad SMARTS) is 1. The molecule has 1 aromatic rings. The SMILES string of the molecule is COc1ccc(CN2CCC3CN(C(=O)O)CCC32)cc1. The van der Waals surface area contributed by atoms with Crippen LogP contribution in [0.15, 0.2) is 24.3 Å². The lowest BCUT2D eigenvalue weighted by molar-refractivity contribution is 0.0922. The topological polar surface area (TPSA) is 53.0 Å². The number of rotatable bonds is 3. The van der Waals surface area contributed by atoms with Crippen LogP contribution in [0, 0.1) is 5.92 Å². The van der Waals surface area contributed by atoms with E-state index in [0.717, 1.165) is 31.7 Å². The van der Waals surface area contributed by atoms with Crippen LogP contribution < -0.4 is 4.74 Å². The van der Waals surface area contributed by atoms with Gasteiger partial charge in [-0.3, -0.25) is 4.90 Å². The third kappa shape index (κ3) is 2.97. The van der Waals surface area contributed by atoms with Crippen LogP contribution in [0.2, 0.25) is 0 Å². The molecule has 2 unspecified atom stereocenters. The smallest absolute Gasteiger partial charge is 0.407 e. The third-order valence-corrected chi connectivity index (χ3v) is 4.77. The highest BCUT2D eigenvalue weighted by molar-refractivity contribution is 5.65. The van der Waals surface area contributed by atoms with Crippen LogP contribution in [0.3, 0.4) is 0 Å². The molecule has 1 amide bonds. The molecule has 0 aliphatic carbocycles. The van der Waals surface area contributed by atoms with E-state index in [1.54, 1.807) is 12.0 Å². The molecule has 2 aliphatic heterocycles. The first kappa shape index (κ1) is 14.2. The molecule has 2 aliphatic rings. The first-order chi connectivity index (χ1) is 10.2. The van der Waals surface area contributed by atoms with E-state index in [2.05, 4.69) is 17.0 Å². The Morgan fingerprint density at radius 1 is 1.29 bits per heavy atom. The van der Waals surface area contributed by atoms with Gasteiger partial charge in [-0.05, 0) is 43.0 Å². The Kier molecular flexibility index (Phi) is 4.01. The van der Waals surface area contributed by atoms with E-state index in [9.17, 15) is 4.79 Å². The van der Waals surface area contributed by atoms with Gasteiger partial charge in [0.15, 0.2) is 0 Å². The molecule has 5 heteroatoms. The molecule has 2 atom stereocenters. The second-order valence-corrected chi connectivity index (χ2v) is 5.95. The molecule has 1 N–H and O–H groups in total. The minimum atomic E-state index is -0.776. The Balaban J connectivity index is 1.61. The van der Waals surface area contributed by atoms with Crippen LogP contribution in [-0.4, -0.2) is 53.8 Å². The number of benzene rings is 1. The predicted molar refractivity (Wildman–Crippen MR) is 79.5 cm³/mol. The summed E-state index contributed by atoms with van der Waals surface area (Å²) in [5.41, 5.74) is 1.29. The number of hydrogen-bond donors (Lipinski definition) is 1. The predicted octanol–water partition coefficient (Wildman–Crippen LogP) is 2.27. The highest BCUT2D eigenvalue weighted by atomic mass is 16.5. The Hall–Kier alpha value is -1.75. The Bertz CT molecular complexity index is 503. The maximum absolute atomic E-state index is 11.1. The van der Waals surface area contributed by atoms with Gasteiger partial charge in [-0.2, -0.15) is 0 Å². The van der Waals surface area contributed by atoms with Gasteiger partial charge in [-0.25, -0.2) is 4.79 Å². The van der Waals surface area contributed by atoms with Crippen molar-refractivity contribution in [3.8, 4) is 5.75 Å². The third-order valence-electron chi connectivity index (χ3n) is 4.77. The van der Waals surface area contributed by atoms with Crippen molar-refractivity contribution in [2.75, 3.05) is 26.7 Å². The highest BCUT2D eigenvalue weighted by Crippen LogP contribution is 2.32. The number of likely N-dealkylation sites (tertiary alicyclic amines) is 2. The average molecular weight is 290 g/mol. The van der Waals surface area contributed by atoms with E-state index >= 15 is 0 Å². The molecule has 0 bridgehead atoms. The van der Waals surface area contributed by atoms with Gasteiger partial charge in [0.05, 0.1) is 7.11 Å². The molecule has 21 heavy (non-hydrogen) atoms. The van der Waals surface area contributed by atoms with E-state index in [1.807, 2.05) is 12.1 Å². The van der Waals surface area contributed by atoms with E-state index in [0.29, 0.717) is 25.0 Å². The van der Waals surface area contributed by atoms with E-state index in [4.69, 9.17) is 9.84 Å². The summed E-state index contributed by atoms with van der Waals surface area (Å²) in [7, 11) is 1.68. The van der Waals surface area contributed by atoms with Gasteiger partial charge in [0.2, 0.25) is 0 Å². The quantitative estimate of drug-likeness (QED) is 0.928. The highest BCUT2D eigenvalue weighted by Gasteiger charge is 2.39. The van der Waals surface area contributed by atoms with Crippen molar-refractivity contribution in [2.24, 2.45) is 5.92 Å². The maximum Gasteiger partial charge on any atom is 0.407 e. The molecule has 114 valence electrons. The van der Waals surface area contributed by atoms with Crippen molar-refractivity contribution < 1.29 is 14.6 Å². The second kappa shape index (κ2) is 5.93. The largest absolute Gasteiger partial charge is 0.497 e. The minimum absolute atomic E-state index is 0.494. The Morgan fingerprint density at radius 2 is 2.05 bits per heavy atom. The monoisotopic (exact) mass is 290 g/mol. The molecular weight excluding hydrogens is 268 g/mol. The number of nitrogens with zero attached hydrogens (tertiary/aromatic N) is 2. The summed E-state index contributed by atoms with van der Waals surface area (Å²) in [5, 5.41) is 9.11. The zero-order valence-corrected chi connectivity index (χ0v) is 12.4. The van der Waals surface area contributed by atoms with Crippen molar-refractivity contribution >= 4 is 6.09 Å². The van der Waals surface area contributed by atoms with Crippen molar-refractivity contribution in [1.29, 1.82) is 0 Å². The van der Waals surface area contributed by atoms with Crippen LogP contribution in [-0.2, 0) is 6.54 Å². The first-order valence-corrected chi connectivity index (χ1v) is 7.52. The Labute approximate surface area is 125 Å². The average Bonchev–Trinajstić information content (AvgIpc) is 2.90. The van der Waals surface area contributed by atoms with Crippen molar-refractivity contribution in [3.63, 3.8) is 0 Å². The molecule has 2 saturated heterocycles. The molecule has 5 nitrogen and oxygen atoms in total. The number of fused-ring (bicyclic) bond motifs is 1. The molecule has 0 saturated carbocycles. The number of methoxy groups -OCH3 is 1. The van der Waals surface area contributed by atoms with Crippen LogP contribution in [0.4, 0.5) is 4.79 Å². The fourth-order valence-corrected chi connectivity index (χ4v) is 3.62. The first-order valence-electron chi connectivity index (χ1n) is 7.52. The van der Waals surface area contributed by atoms with Gasteiger partial charge in [0.1, 0.15) is 5.75 Å². The molecule has 1 aromatic carbocycles. The van der Waals surface area contributed by atoms with Gasteiger partial charge in [0, 0.05) is 25.7 Å². The zero-order valence-electron chi connectivity index (χ0n) is 12.4. The van der Waals surface area contributed by atoms with Crippen LogP contribution in [0.1, 0.15) is 18.4 Å².